The summed E-state index contributed by atoms with van der Waals surface area (Å²) in [4.78, 5) is 24.5. The van der Waals surface area contributed by atoms with Gasteiger partial charge in [0, 0.05) is 18.8 Å². The third-order valence-corrected chi connectivity index (χ3v) is 3.79. The minimum atomic E-state index is -0.932. The van der Waals surface area contributed by atoms with Crippen molar-refractivity contribution in [2.24, 2.45) is 0 Å². The quantitative estimate of drug-likeness (QED) is 0.668. The number of rotatable bonds is 7. The third-order valence-electron chi connectivity index (χ3n) is 3.79. The minimum Gasteiger partial charge on any atom is -0.444 e. The van der Waals surface area contributed by atoms with Gasteiger partial charge in [0.15, 0.2) is 0 Å². The number of nitrogens with one attached hydrogen (secondary N) is 2. The normalized spacial score (nSPS) is 14.7. The molecule has 0 saturated carbocycles. The number of amides is 2. The topological polar surface area (TPSA) is 90.9 Å². The molecule has 2 rings (SSSR count). The van der Waals surface area contributed by atoms with Crippen LogP contribution in [0.4, 0.5) is 25.0 Å². The number of hydrogen-bond acceptors (Lipinski definition) is 5. The molecule has 1 heterocycles. The predicted octanol–water partition coefficient (Wildman–Crippen LogP) is 1.98. The lowest BCUT2D eigenvalue weighted by atomic mass is 10.1. The number of fused-ring (bicyclic) bond motifs is 1. The number of aliphatic hydroxyl groups excluding tert-OH is 1. The van der Waals surface area contributed by atoms with Crippen molar-refractivity contribution in [1.82, 2.24) is 5.32 Å². The highest BCUT2D eigenvalue weighted by molar-refractivity contribution is 6.02. The van der Waals surface area contributed by atoms with Crippen LogP contribution in [0.5, 0.6) is 0 Å². The van der Waals surface area contributed by atoms with Crippen molar-refractivity contribution in [2.45, 2.75) is 38.9 Å². The number of benzene rings is 1. The van der Waals surface area contributed by atoms with Gasteiger partial charge in [-0.2, -0.15) is 0 Å². The van der Waals surface area contributed by atoms with Gasteiger partial charge >= 0.3 is 6.09 Å². The summed E-state index contributed by atoms with van der Waals surface area (Å²) in [7, 11) is 0. The Morgan fingerprint density at radius 2 is 2.07 bits per heavy atom. The molecule has 1 aromatic carbocycles. The molecule has 0 saturated heterocycles. The van der Waals surface area contributed by atoms with Gasteiger partial charge in [-0.05, 0) is 38.5 Å². The standard InChI is InChI=1S/C18H25F2N3O4/c1-18(2,3)27-17(26)22-10-13(24)9-21-12-6-11-7-15(25)23(5-4-19)16(11)14(20)8-12/h6,8,13,21,24H,4-5,7,9-10H2,1-3H3,(H,22,26)/t13-/m0/s1. The molecule has 27 heavy (non-hydrogen) atoms. The molecule has 0 radical (unpaired) electrons. The van der Waals surface area contributed by atoms with Crippen LogP contribution in [-0.2, 0) is 16.0 Å². The molecule has 9 heteroatoms. The highest BCUT2D eigenvalue weighted by Gasteiger charge is 2.30. The van der Waals surface area contributed by atoms with Gasteiger partial charge in [-0.15, -0.1) is 0 Å². The Bertz CT molecular complexity index is 707. The highest BCUT2D eigenvalue weighted by atomic mass is 19.1. The van der Waals surface area contributed by atoms with Gasteiger partial charge < -0.3 is 25.4 Å². The maximum Gasteiger partial charge on any atom is 0.407 e. The molecule has 0 aromatic heterocycles. The van der Waals surface area contributed by atoms with Crippen molar-refractivity contribution in [2.75, 3.05) is 36.5 Å². The lowest BCUT2D eigenvalue weighted by molar-refractivity contribution is -0.117. The summed E-state index contributed by atoms with van der Waals surface area (Å²) in [5.41, 5.74) is 0.327. The molecule has 0 unspecified atom stereocenters. The van der Waals surface area contributed by atoms with Crippen LogP contribution >= 0.6 is 0 Å². The zero-order valence-corrected chi connectivity index (χ0v) is 15.6. The van der Waals surface area contributed by atoms with Crippen molar-refractivity contribution < 1.29 is 28.2 Å². The van der Waals surface area contributed by atoms with E-state index < -0.39 is 30.3 Å². The van der Waals surface area contributed by atoms with Crippen LogP contribution in [0.25, 0.3) is 0 Å². The monoisotopic (exact) mass is 385 g/mol. The number of halogens is 2. The van der Waals surface area contributed by atoms with E-state index in [4.69, 9.17) is 4.74 Å². The third kappa shape index (κ3) is 5.78. The van der Waals surface area contributed by atoms with E-state index in [1.54, 1.807) is 26.8 Å². The Kier molecular flexibility index (Phi) is 6.59. The molecule has 1 aromatic rings. The van der Waals surface area contributed by atoms with Crippen molar-refractivity contribution in [3.8, 4) is 0 Å². The van der Waals surface area contributed by atoms with Crippen molar-refractivity contribution in [1.29, 1.82) is 0 Å². The fourth-order valence-corrected chi connectivity index (χ4v) is 2.72. The van der Waals surface area contributed by atoms with Gasteiger partial charge in [-0.1, -0.05) is 0 Å². The second-order valence-electron chi connectivity index (χ2n) is 7.29. The summed E-state index contributed by atoms with van der Waals surface area (Å²) in [5, 5.41) is 15.2. The first-order valence-corrected chi connectivity index (χ1v) is 8.68. The summed E-state index contributed by atoms with van der Waals surface area (Å²) in [6, 6.07) is 2.79. The average molecular weight is 385 g/mol. The zero-order valence-electron chi connectivity index (χ0n) is 15.6. The number of anilines is 2. The van der Waals surface area contributed by atoms with Crippen LogP contribution in [0.15, 0.2) is 12.1 Å². The smallest absolute Gasteiger partial charge is 0.407 e. The number of aliphatic hydroxyl groups is 1. The molecule has 0 fully saturated rings. The Balaban J connectivity index is 1.90. The molecular weight excluding hydrogens is 360 g/mol. The van der Waals surface area contributed by atoms with E-state index in [0.29, 0.717) is 11.3 Å². The lowest BCUT2D eigenvalue weighted by Crippen LogP contribution is -2.39. The summed E-state index contributed by atoms with van der Waals surface area (Å²) in [6.45, 7) is 4.27. The summed E-state index contributed by atoms with van der Waals surface area (Å²) in [5.74, 6) is -0.976. The van der Waals surface area contributed by atoms with Gasteiger partial charge in [0.05, 0.1) is 24.8 Å². The number of carbonyl (C=O) groups excluding carboxylic acids is 2. The molecule has 3 N–H and O–H groups in total. The predicted molar refractivity (Wildman–Crippen MR) is 97.2 cm³/mol. The fourth-order valence-electron chi connectivity index (χ4n) is 2.72. The fraction of sp³-hybridized carbons (Fsp3) is 0.556. The van der Waals surface area contributed by atoms with Crippen molar-refractivity contribution >= 4 is 23.4 Å². The Labute approximate surface area is 156 Å². The molecule has 0 bridgehead atoms. The van der Waals surface area contributed by atoms with E-state index >= 15 is 0 Å². The van der Waals surface area contributed by atoms with E-state index in [9.17, 15) is 23.5 Å². The van der Waals surface area contributed by atoms with E-state index in [2.05, 4.69) is 10.6 Å². The lowest BCUT2D eigenvalue weighted by Gasteiger charge is -2.21. The van der Waals surface area contributed by atoms with Gasteiger partial charge in [-0.25, -0.2) is 13.6 Å². The molecule has 1 aliphatic heterocycles. The van der Waals surface area contributed by atoms with Crippen LogP contribution in [0, 0.1) is 5.82 Å². The van der Waals surface area contributed by atoms with E-state index in [-0.39, 0.29) is 37.6 Å². The largest absolute Gasteiger partial charge is 0.444 e. The van der Waals surface area contributed by atoms with Crippen molar-refractivity contribution in [3.63, 3.8) is 0 Å². The molecular formula is C18H25F2N3O4. The number of ether oxygens (including phenoxy) is 1. The Hall–Kier alpha value is -2.42. The zero-order chi connectivity index (χ0) is 20.2. The van der Waals surface area contributed by atoms with Crippen LogP contribution in [-0.4, -0.2) is 55.1 Å². The van der Waals surface area contributed by atoms with E-state index in [0.717, 1.165) is 4.90 Å². The maximum absolute atomic E-state index is 14.3. The van der Waals surface area contributed by atoms with E-state index in [1.165, 1.54) is 6.07 Å². The molecule has 0 spiro atoms. The number of carbonyl (C=O) groups is 2. The molecule has 0 aliphatic carbocycles. The van der Waals surface area contributed by atoms with Gasteiger partial charge in [-0.3, -0.25) is 4.79 Å². The van der Waals surface area contributed by atoms with Crippen LogP contribution < -0.4 is 15.5 Å². The Morgan fingerprint density at radius 3 is 2.70 bits per heavy atom. The van der Waals surface area contributed by atoms with Crippen LogP contribution in [0.2, 0.25) is 0 Å². The summed E-state index contributed by atoms with van der Waals surface area (Å²) >= 11 is 0. The molecule has 1 aliphatic rings. The van der Waals surface area contributed by atoms with Crippen LogP contribution in [0.3, 0.4) is 0 Å². The Morgan fingerprint density at radius 1 is 1.37 bits per heavy atom. The number of nitrogens with zero attached hydrogens (tertiary/aromatic N) is 1. The number of alkyl carbamates (subject to hydrolysis) is 1. The first kappa shape index (κ1) is 20.9. The SMILES string of the molecule is CC(C)(C)OC(=O)NC[C@@H](O)CNc1cc(F)c2c(c1)CC(=O)N2CCF. The second-order valence-corrected chi connectivity index (χ2v) is 7.29. The summed E-state index contributed by atoms with van der Waals surface area (Å²) in [6.07, 6.45) is -1.57. The summed E-state index contributed by atoms with van der Waals surface area (Å²) < 4.78 is 32.0. The van der Waals surface area contributed by atoms with Gasteiger partial charge in [0.25, 0.3) is 0 Å². The molecule has 150 valence electrons. The van der Waals surface area contributed by atoms with Crippen molar-refractivity contribution in [3.05, 3.63) is 23.5 Å². The molecule has 7 nitrogen and oxygen atoms in total. The first-order chi connectivity index (χ1) is 12.6. The van der Waals surface area contributed by atoms with Gasteiger partial charge in [0.1, 0.15) is 18.1 Å². The molecule has 2 amide bonds. The second kappa shape index (κ2) is 8.51. The van der Waals surface area contributed by atoms with Gasteiger partial charge in [0.2, 0.25) is 5.91 Å². The van der Waals surface area contributed by atoms with Crippen LogP contribution in [0.1, 0.15) is 26.3 Å². The average Bonchev–Trinajstić information content (AvgIpc) is 2.86. The minimum absolute atomic E-state index is 0.00449. The first-order valence-electron chi connectivity index (χ1n) is 8.68. The number of hydrogen-bond donors (Lipinski definition) is 3. The highest BCUT2D eigenvalue weighted by Crippen LogP contribution is 2.34. The number of alkyl halides is 1. The maximum atomic E-state index is 14.3. The molecule has 1 atom stereocenters. The van der Waals surface area contributed by atoms with E-state index in [1.807, 2.05) is 0 Å².